The van der Waals surface area contributed by atoms with Gasteiger partial charge in [0, 0.05) is 5.56 Å². The van der Waals surface area contributed by atoms with Crippen molar-refractivity contribution in [3.63, 3.8) is 0 Å². The Morgan fingerprint density at radius 2 is 1.47 bits per heavy atom. The van der Waals surface area contributed by atoms with Crippen LogP contribution in [-0.2, 0) is 5.41 Å². The largest absolute Gasteiger partial charge is 0.115 e. The molecule has 1 aromatic carbocycles. The summed E-state index contributed by atoms with van der Waals surface area (Å²) in [6, 6.07) is 6.26. The van der Waals surface area contributed by atoms with E-state index in [1.54, 1.807) is 0 Å². The van der Waals surface area contributed by atoms with E-state index in [9.17, 15) is 0 Å². The molecule has 0 saturated carbocycles. The summed E-state index contributed by atoms with van der Waals surface area (Å²) in [5.41, 5.74) is 3.67. The number of hydrogen-bond acceptors (Lipinski definition) is 0. The van der Waals surface area contributed by atoms with Crippen LogP contribution in [0.1, 0.15) is 65.2 Å². The average molecular weight is 232 g/mol. The first-order chi connectivity index (χ1) is 7.95. The van der Waals surface area contributed by atoms with Gasteiger partial charge in [-0.3, -0.25) is 0 Å². The smallest absolute Gasteiger partial charge is 0.0280 e. The van der Waals surface area contributed by atoms with Gasteiger partial charge in [0.15, 0.2) is 0 Å². The fraction of sp³-hybridized carbons (Fsp3) is 0.529. The van der Waals surface area contributed by atoms with Gasteiger partial charge >= 0.3 is 0 Å². The zero-order valence-corrected chi connectivity index (χ0v) is 12.8. The lowest BCUT2D eigenvalue weighted by atomic mass is 9.83. The van der Waals surface area contributed by atoms with Crippen LogP contribution in [0, 0.1) is 19.3 Å². The molecule has 0 bridgehead atoms. The second kappa shape index (κ2) is 8.88. The summed E-state index contributed by atoms with van der Waals surface area (Å²) in [6.45, 7) is 16.6. The van der Waals surface area contributed by atoms with Gasteiger partial charge in [0.05, 0.1) is 0 Å². The van der Waals surface area contributed by atoms with E-state index >= 15 is 0 Å². The topological polar surface area (TPSA) is 0 Å². The highest BCUT2D eigenvalue weighted by Crippen LogP contribution is 2.26. The molecule has 0 heteroatoms. The Hall–Kier alpha value is -1.22. The third-order valence-corrected chi connectivity index (χ3v) is 2.14. The molecule has 1 rings (SSSR count). The van der Waals surface area contributed by atoms with Gasteiger partial charge in [0.25, 0.3) is 0 Å². The minimum absolute atomic E-state index is 0.133. The van der Waals surface area contributed by atoms with Crippen LogP contribution in [0.15, 0.2) is 18.2 Å². The predicted octanol–water partition coefficient (Wildman–Crippen LogP) is 5.33. The molecular weight excluding hydrogens is 204 g/mol. The van der Waals surface area contributed by atoms with Gasteiger partial charge in [0.1, 0.15) is 0 Å². The second-order valence-corrected chi connectivity index (χ2v) is 4.44. The molecule has 0 nitrogen and oxygen atoms in total. The normalized spacial score (nSPS) is 9.12. The maximum absolute atomic E-state index is 5.45. The van der Waals surface area contributed by atoms with Crippen LogP contribution in [0.2, 0.25) is 0 Å². The summed E-state index contributed by atoms with van der Waals surface area (Å²) < 4.78 is 0. The molecular formula is C17H28. The van der Waals surface area contributed by atoms with Crippen LogP contribution >= 0.6 is 0 Å². The lowest BCUT2D eigenvalue weighted by Crippen LogP contribution is -2.13. The van der Waals surface area contributed by atoms with Crippen molar-refractivity contribution < 1.29 is 0 Å². The molecule has 1 aromatic rings. The van der Waals surface area contributed by atoms with Gasteiger partial charge in [-0.25, -0.2) is 0 Å². The van der Waals surface area contributed by atoms with E-state index in [1.807, 2.05) is 33.8 Å². The molecule has 0 heterocycles. The maximum Gasteiger partial charge on any atom is 0.0280 e. The van der Waals surface area contributed by atoms with Gasteiger partial charge in [-0.1, -0.05) is 72.1 Å². The Bertz CT molecular complexity index is 345. The van der Waals surface area contributed by atoms with Crippen molar-refractivity contribution in [1.29, 1.82) is 0 Å². The number of aryl methyl sites for hydroxylation is 1. The lowest BCUT2D eigenvalue weighted by Gasteiger charge is -2.21. The molecule has 0 fully saturated rings. The van der Waals surface area contributed by atoms with Gasteiger partial charge in [-0.15, -0.1) is 6.42 Å². The fourth-order valence-corrected chi connectivity index (χ4v) is 1.40. The minimum atomic E-state index is 0.133. The molecule has 96 valence electrons. The van der Waals surface area contributed by atoms with E-state index in [-0.39, 0.29) is 5.41 Å². The number of rotatable bonds is 0. The van der Waals surface area contributed by atoms with Gasteiger partial charge < -0.3 is 0 Å². The molecule has 17 heavy (non-hydrogen) atoms. The first-order valence-electron chi connectivity index (χ1n) is 6.53. The number of benzene rings is 1. The van der Waals surface area contributed by atoms with E-state index in [1.165, 1.54) is 11.1 Å². The molecule has 0 amide bonds. The molecule has 0 aromatic heterocycles. The third kappa shape index (κ3) is 6.17. The Morgan fingerprint density at radius 3 is 1.82 bits per heavy atom. The predicted molar refractivity (Wildman–Crippen MR) is 80.5 cm³/mol. The molecule has 0 radical (unpaired) electrons. The minimum Gasteiger partial charge on any atom is -0.115 e. The first-order valence-corrected chi connectivity index (χ1v) is 6.53. The standard InChI is InChI=1S/C13H16.2C2H6/c1-6-11-8-7-10(2)9-12(11)13(3,4)5;2*1-2/h1,7-9H,2-5H3;2*1-2H3. The van der Waals surface area contributed by atoms with Crippen LogP contribution in [0.4, 0.5) is 0 Å². The Balaban J connectivity index is 0. The molecule has 0 aliphatic rings. The monoisotopic (exact) mass is 232 g/mol. The van der Waals surface area contributed by atoms with Crippen molar-refractivity contribution in [2.75, 3.05) is 0 Å². The highest BCUT2D eigenvalue weighted by molar-refractivity contribution is 5.45. The van der Waals surface area contributed by atoms with Crippen LogP contribution in [0.5, 0.6) is 0 Å². The fourth-order valence-electron chi connectivity index (χ4n) is 1.40. The summed E-state index contributed by atoms with van der Waals surface area (Å²) in [5, 5.41) is 0. The van der Waals surface area contributed by atoms with E-state index in [0.717, 1.165) is 5.56 Å². The van der Waals surface area contributed by atoms with E-state index in [0.29, 0.717) is 0 Å². The summed E-state index contributed by atoms with van der Waals surface area (Å²) in [5.74, 6) is 2.73. The van der Waals surface area contributed by atoms with Gasteiger partial charge in [-0.05, 0) is 24.0 Å². The van der Waals surface area contributed by atoms with Crippen molar-refractivity contribution >= 4 is 0 Å². The number of hydrogen-bond donors (Lipinski definition) is 0. The van der Waals surface area contributed by atoms with Crippen molar-refractivity contribution in [3.05, 3.63) is 34.9 Å². The van der Waals surface area contributed by atoms with Crippen LogP contribution in [-0.4, -0.2) is 0 Å². The molecule has 0 unspecified atom stereocenters. The van der Waals surface area contributed by atoms with Crippen molar-refractivity contribution in [2.24, 2.45) is 0 Å². The van der Waals surface area contributed by atoms with E-state index < -0.39 is 0 Å². The SMILES string of the molecule is C#Cc1ccc(C)cc1C(C)(C)C.CC.CC. The van der Waals surface area contributed by atoms with Gasteiger partial charge in [-0.2, -0.15) is 0 Å². The van der Waals surface area contributed by atoms with Crippen molar-refractivity contribution in [3.8, 4) is 12.3 Å². The summed E-state index contributed by atoms with van der Waals surface area (Å²) in [4.78, 5) is 0. The zero-order chi connectivity index (χ0) is 14.1. The van der Waals surface area contributed by atoms with Crippen LogP contribution in [0.25, 0.3) is 0 Å². The van der Waals surface area contributed by atoms with Crippen LogP contribution in [0.3, 0.4) is 0 Å². The third-order valence-electron chi connectivity index (χ3n) is 2.14. The molecule has 0 spiro atoms. The molecule has 0 aliphatic carbocycles. The van der Waals surface area contributed by atoms with E-state index in [2.05, 4.69) is 45.7 Å². The Morgan fingerprint density at radius 1 is 1.00 bits per heavy atom. The quantitative estimate of drug-likeness (QED) is 0.531. The van der Waals surface area contributed by atoms with Gasteiger partial charge in [0.2, 0.25) is 0 Å². The van der Waals surface area contributed by atoms with E-state index in [4.69, 9.17) is 6.42 Å². The molecule has 0 aliphatic heterocycles. The lowest BCUT2D eigenvalue weighted by molar-refractivity contribution is 0.588. The molecule has 0 saturated heterocycles. The zero-order valence-electron chi connectivity index (χ0n) is 12.8. The average Bonchev–Trinajstić information content (AvgIpc) is 2.33. The molecule has 0 atom stereocenters. The Labute approximate surface area is 108 Å². The highest BCUT2D eigenvalue weighted by atomic mass is 14.2. The molecule has 0 N–H and O–H groups in total. The second-order valence-electron chi connectivity index (χ2n) is 4.44. The summed E-state index contributed by atoms with van der Waals surface area (Å²) >= 11 is 0. The summed E-state index contributed by atoms with van der Waals surface area (Å²) in [6.07, 6.45) is 5.45. The Kier molecular flexibility index (Phi) is 9.48. The summed E-state index contributed by atoms with van der Waals surface area (Å²) in [7, 11) is 0. The number of terminal acetylenes is 1. The van der Waals surface area contributed by atoms with Crippen molar-refractivity contribution in [2.45, 2.75) is 60.8 Å². The highest BCUT2D eigenvalue weighted by Gasteiger charge is 2.16. The van der Waals surface area contributed by atoms with Crippen LogP contribution < -0.4 is 0 Å². The maximum atomic E-state index is 5.45. The van der Waals surface area contributed by atoms with Crippen molar-refractivity contribution in [1.82, 2.24) is 0 Å². The first kappa shape index (κ1) is 18.2.